The first-order chi connectivity index (χ1) is 13.2. The van der Waals surface area contributed by atoms with Gasteiger partial charge in [0, 0.05) is 12.3 Å². The summed E-state index contributed by atoms with van der Waals surface area (Å²) in [4.78, 5) is 12.4. The summed E-state index contributed by atoms with van der Waals surface area (Å²) in [5.74, 6) is -1.71. The van der Waals surface area contributed by atoms with Gasteiger partial charge in [0.25, 0.3) is 5.88 Å². The average molecular weight is 439 g/mol. The Balaban J connectivity index is 1.66. The Bertz CT molecular complexity index is 965. The van der Waals surface area contributed by atoms with Gasteiger partial charge in [-0.25, -0.2) is 23.3 Å². The molecule has 0 saturated heterocycles. The van der Waals surface area contributed by atoms with Crippen molar-refractivity contribution in [3.05, 3.63) is 65.2 Å². The SMILES string of the molecule is Fc1cc(F)cc(NSOOc2cncn2-c2ncc(C(F)(F)F)cc2Cl)c1. The van der Waals surface area contributed by atoms with Crippen LogP contribution in [0.4, 0.5) is 27.6 Å². The quantitative estimate of drug-likeness (QED) is 0.142. The van der Waals surface area contributed by atoms with E-state index in [2.05, 4.69) is 14.7 Å². The Morgan fingerprint density at radius 3 is 2.43 bits per heavy atom. The third-order valence-corrected chi connectivity index (χ3v) is 3.89. The molecule has 0 saturated carbocycles. The summed E-state index contributed by atoms with van der Waals surface area (Å²) in [5.41, 5.74) is -0.936. The molecule has 13 heteroatoms. The highest BCUT2D eigenvalue weighted by molar-refractivity contribution is 7.95. The summed E-state index contributed by atoms with van der Waals surface area (Å²) >= 11 is 6.36. The van der Waals surface area contributed by atoms with Gasteiger partial charge >= 0.3 is 6.18 Å². The molecule has 0 aliphatic rings. The fourth-order valence-corrected chi connectivity index (χ4v) is 2.61. The van der Waals surface area contributed by atoms with E-state index in [-0.39, 0.29) is 22.4 Å². The number of hydrogen-bond donors (Lipinski definition) is 1. The van der Waals surface area contributed by atoms with Gasteiger partial charge in [-0.05, 0) is 18.2 Å². The molecule has 0 unspecified atom stereocenters. The number of hydrogen-bond acceptors (Lipinski definition) is 6. The van der Waals surface area contributed by atoms with E-state index in [0.717, 1.165) is 16.7 Å². The average Bonchev–Trinajstić information content (AvgIpc) is 3.05. The lowest BCUT2D eigenvalue weighted by Crippen LogP contribution is -2.08. The molecule has 0 aliphatic heterocycles. The molecule has 0 radical (unpaired) electrons. The lowest BCUT2D eigenvalue weighted by Gasteiger charge is -2.11. The Labute approximate surface area is 163 Å². The van der Waals surface area contributed by atoms with E-state index in [1.807, 2.05) is 0 Å². The third-order valence-electron chi connectivity index (χ3n) is 3.16. The molecule has 0 spiro atoms. The molecule has 2 heterocycles. The van der Waals surface area contributed by atoms with Crippen molar-refractivity contribution in [3.63, 3.8) is 0 Å². The molecule has 28 heavy (non-hydrogen) atoms. The van der Waals surface area contributed by atoms with Crippen LogP contribution in [-0.4, -0.2) is 14.5 Å². The second-order valence-corrected chi connectivity index (χ2v) is 6.04. The Morgan fingerprint density at radius 1 is 1.07 bits per heavy atom. The molecule has 148 valence electrons. The molecule has 3 aromatic rings. The summed E-state index contributed by atoms with van der Waals surface area (Å²) < 4.78 is 72.7. The fraction of sp³-hybridized carbons (Fsp3) is 0.0667. The lowest BCUT2D eigenvalue weighted by atomic mass is 10.3. The molecular weight excluding hydrogens is 431 g/mol. The molecule has 6 nitrogen and oxygen atoms in total. The van der Waals surface area contributed by atoms with Crippen LogP contribution in [0, 0.1) is 11.6 Å². The van der Waals surface area contributed by atoms with Crippen LogP contribution in [0.2, 0.25) is 5.02 Å². The molecule has 0 amide bonds. The number of benzene rings is 1. The van der Waals surface area contributed by atoms with E-state index in [9.17, 15) is 22.0 Å². The van der Waals surface area contributed by atoms with Crippen LogP contribution < -0.4 is 9.61 Å². The molecule has 1 N–H and O–H groups in total. The van der Waals surface area contributed by atoms with Crippen LogP contribution >= 0.6 is 23.8 Å². The first-order valence-electron chi connectivity index (χ1n) is 7.22. The van der Waals surface area contributed by atoms with Gasteiger partial charge in [0.15, 0.2) is 18.0 Å². The second kappa shape index (κ2) is 8.20. The van der Waals surface area contributed by atoms with Gasteiger partial charge in [-0.3, -0.25) is 0 Å². The van der Waals surface area contributed by atoms with Crippen molar-refractivity contribution in [1.29, 1.82) is 0 Å². The van der Waals surface area contributed by atoms with Gasteiger partial charge in [-0.1, -0.05) is 15.9 Å². The Kier molecular flexibility index (Phi) is 5.91. The number of imidazole rings is 1. The number of nitrogens with zero attached hydrogens (tertiary/aromatic N) is 3. The van der Waals surface area contributed by atoms with E-state index < -0.39 is 23.4 Å². The minimum atomic E-state index is -4.59. The molecule has 0 atom stereocenters. The summed E-state index contributed by atoms with van der Waals surface area (Å²) in [7, 11) is 0. The number of anilines is 1. The van der Waals surface area contributed by atoms with Crippen molar-refractivity contribution in [2.75, 3.05) is 4.72 Å². The summed E-state index contributed by atoms with van der Waals surface area (Å²) in [6, 6.07) is 3.46. The van der Waals surface area contributed by atoms with Gasteiger partial charge in [-0.15, -0.1) is 0 Å². The van der Waals surface area contributed by atoms with Gasteiger partial charge in [0.2, 0.25) is 0 Å². The molecule has 0 fully saturated rings. The monoisotopic (exact) mass is 438 g/mol. The zero-order chi connectivity index (χ0) is 20.3. The smallest absolute Gasteiger partial charge is 0.303 e. The molecule has 3 rings (SSSR count). The third kappa shape index (κ3) is 4.82. The summed E-state index contributed by atoms with van der Waals surface area (Å²) in [5, 5.41) is -0.293. The highest BCUT2D eigenvalue weighted by atomic mass is 35.5. The van der Waals surface area contributed by atoms with Crippen LogP contribution in [0.1, 0.15) is 5.56 Å². The first-order valence-corrected chi connectivity index (χ1v) is 8.34. The fourth-order valence-electron chi connectivity index (χ4n) is 2.00. The lowest BCUT2D eigenvalue weighted by molar-refractivity contribution is -0.137. The van der Waals surface area contributed by atoms with Gasteiger partial charge in [0.1, 0.15) is 18.0 Å². The maximum Gasteiger partial charge on any atom is 0.417 e. The summed E-state index contributed by atoms with van der Waals surface area (Å²) in [6.45, 7) is 0. The van der Waals surface area contributed by atoms with E-state index in [1.54, 1.807) is 0 Å². The Morgan fingerprint density at radius 2 is 1.79 bits per heavy atom. The number of nitrogens with one attached hydrogen (secondary N) is 1. The predicted octanol–water partition coefficient (Wildman–Crippen LogP) is 5.20. The largest absolute Gasteiger partial charge is 0.417 e. The van der Waals surface area contributed by atoms with Crippen LogP contribution in [0.25, 0.3) is 5.82 Å². The zero-order valence-electron chi connectivity index (χ0n) is 13.4. The predicted molar refractivity (Wildman–Crippen MR) is 90.7 cm³/mol. The van der Waals surface area contributed by atoms with E-state index in [4.69, 9.17) is 20.8 Å². The molecule has 0 aliphatic carbocycles. The minimum absolute atomic E-state index is 0.0612. The number of aromatic nitrogens is 3. The van der Waals surface area contributed by atoms with Crippen molar-refractivity contribution in [3.8, 4) is 11.7 Å². The first kappa shape index (κ1) is 20.2. The van der Waals surface area contributed by atoms with E-state index in [1.165, 1.54) is 12.5 Å². The van der Waals surface area contributed by atoms with E-state index >= 15 is 0 Å². The number of halogens is 6. The van der Waals surface area contributed by atoms with Crippen LogP contribution in [0.15, 0.2) is 43.0 Å². The maximum absolute atomic E-state index is 13.1. The van der Waals surface area contributed by atoms with Gasteiger partial charge in [0.05, 0.1) is 22.5 Å². The molecule has 2 aromatic heterocycles. The van der Waals surface area contributed by atoms with Crippen molar-refractivity contribution < 1.29 is 31.2 Å². The number of rotatable bonds is 6. The van der Waals surface area contributed by atoms with Crippen molar-refractivity contribution in [2.45, 2.75) is 6.18 Å². The molecular formula is C15H8ClF5N4O2S. The van der Waals surface area contributed by atoms with Gasteiger partial charge in [-0.2, -0.15) is 13.2 Å². The zero-order valence-corrected chi connectivity index (χ0v) is 14.9. The topological polar surface area (TPSA) is 61.2 Å². The van der Waals surface area contributed by atoms with Crippen molar-refractivity contribution >= 4 is 29.5 Å². The highest BCUT2D eigenvalue weighted by Crippen LogP contribution is 2.33. The summed E-state index contributed by atoms with van der Waals surface area (Å²) in [6.07, 6.45) is -1.59. The maximum atomic E-state index is 13.1. The second-order valence-electron chi connectivity index (χ2n) is 5.12. The Hall–Kier alpha value is -2.57. The highest BCUT2D eigenvalue weighted by Gasteiger charge is 2.32. The molecule has 1 aromatic carbocycles. The normalized spacial score (nSPS) is 11.5. The number of alkyl halides is 3. The minimum Gasteiger partial charge on any atom is -0.303 e. The van der Waals surface area contributed by atoms with Gasteiger partial charge < -0.3 is 9.61 Å². The van der Waals surface area contributed by atoms with Crippen molar-refractivity contribution in [1.82, 2.24) is 14.5 Å². The number of pyridine rings is 1. The van der Waals surface area contributed by atoms with Crippen LogP contribution in [0.3, 0.4) is 0 Å². The van der Waals surface area contributed by atoms with Crippen LogP contribution in [0.5, 0.6) is 5.88 Å². The molecule has 0 bridgehead atoms. The van der Waals surface area contributed by atoms with E-state index in [0.29, 0.717) is 30.6 Å². The van der Waals surface area contributed by atoms with Crippen molar-refractivity contribution in [2.24, 2.45) is 0 Å². The van der Waals surface area contributed by atoms with Crippen LogP contribution in [-0.2, 0) is 10.5 Å². The standard InChI is InChI=1S/C15H8ClF5N4O2S/c16-12-1-8(15(19,20)21)5-23-14(12)25-7-22-6-13(25)26-27-28-24-11-3-9(17)2-10(18)4-11/h1-7,24H.